The lowest BCUT2D eigenvalue weighted by Gasteiger charge is -2.11. The number of hydrogen-bond acceptors (Lipinski definition) is 4. The molecule has 0 unspecified atom stereocenters. The van der Waals surface area contributed by atoms with Crippen molar-refractivity contribution in [1.29, 1.82) is 0 Å². The summed E-state index contributed by atoms with van der Waals surface area (Å²) in [4.78, 5) is 4.17. The van der Waals surface area contributed by atoms with Crippen LogP contribution in [0.1, 0.15) is 11.1 Å². The van der Waals surface area contributed by atoms with Crippen molar-refractivity contribution in [3.63, 3.8) is 0 Å². The molecule has 1 aromatic heterocycles. The molecule has 5 heteroatoms. The monoisotopic (exact) mass is 321 g/mol. The number of rotatable bonds is 4. The molecule has 0 saturated carbocycles. The highest BCUT2D eigenvalue weighted by molar-refractivity contribution is 9.10. The van der Waals surface area contributed by atoms with Crippen LogP contribution < -0.4 is 15.8 Å². The largest absolute Gasteiger partial charge is 0.481 e. The van der Waals surface area contributed by atoms with Gasteiger partial charge < -0.3 is 15.8 Å². The van der Waals surface area contributed by atoms with Crippen LogP contribution in [0, 0.1) is 6.92 Å². The van der Waals surface area contributed by atoms with Gasteiger partial charge >= 0.3 is 0 Å². The third-order valence-electron chi connectivity index (χ3n) is 2.85. The molecule has 0 amide bonds. The first-order valence-corrected chi connectivity index (χ1v) is 6.68. The van der Waals surface area contributed by atoms with Crippen LogP contribution in [0.3, 0.4) is 0 Å². The molecule has 0 saturated heterocycles. The van der Waals surface area contributed by atoms with E-state index >= 15 is 0 Å². The molecule has 0 bridgehead atoms. The normalized spacial score (nSPS) is 10.3. The number of halogens is 1. The van der Waals surface area contributed by atoms with Crippen LogP contribution in [0.4, 0.5) is 11.4 Å². The number of aromatic nitrogens is 1. The van der Waals surface area contributed by atoms with Crippen LogP contribution in [-0.2, 0) is 6.54 Å². The first-order valence-electron chi connectivity index (χ1n) is 5.88. The van der Waals surface area contributed by atoms with E-state index in [4.69, 9.17) is 10.5 Å². The zero-order valence-electron chi connectivity index (χ0n) is 10.9. The average Bonchev–Trinajstić information content (AvgIpc) is 2.42. The Labute approximate surface area is 121 Å². The highest BCUT2D eigenvalue weighted by Crippen LogP contribution is 2.28. The maximum absolute atomic E-state index is 5.85. The number of nitrogens with two attached hydrogens (primary N) is 1. The third kappa shape index (κ3) is 3.38. The lowest BCUT2D eigenvalue weighted by atomic mass is 10.2. The zero-order chi connectivity index (χ0) is 13.8. The Hall–Kier alpha value is -1.75. The summed E-state index contributed by atoms with van der Waals surface area (Å²) in [5, 5.41) is 3.35. The molecule has 0 atom stereocenters. The molecule has 3 N–H and O–H groups in total. The van der Waals surface area contributed by atoms with Gasteiger partial charge in [-0.3, -0.25) is 0 Å². The molecule has 1 heterocycles. The van der Waals surface area contributed by atoms with Crippen molar-refractivity contribution in [3.8, 4) is 5.88 Å². The van der Waals surface area contributed by atoms with Crippen LogP contribution in [-0.4, -0.2) is 12.1 Å². The van der Waals surface area contributed by atoms with E-state index in [0.717, 1.165) is 27.0 Å². The molecule has 0 spiro atoms. The maximum atomic E-state index is 5.85. The number of pyridine rings is 1. The summed E-state index contributed by atoms with van der Waals surface area (Å²) in [6, 6.07) is 7.76. The van der Waals surface area contributed by atoms with Crippen molar-refractivity contribution in [2.45, 2.75) is 13.5 Å². The summed E-state index contributed by atoms with van der Waals surface area (Å²) >= 11 is 3.50. The fourth-order valence-corrected chi connectivity index (χ4v) is 2.17. The number of nitrogens with zero attached hydrogens (tertiary/aromatic N) is 1. The Morgan fingerprint density at radius 2 is 2.16 bits per heavy atom. The SMILES string of the molecule is COc1ccc(CNc2cc(C)c(N)cc2Br)cn1. The molecular formula is C14H16BrN3O. The van der Waals surface area contributed by atoms with Gasteiger partial charge in [-0.15, -0.1) is 0 Å². The predicted octanol–water partition coefficient (Wildman–Crippen LogP) is 3.36. The van der Waals surface area contributed by atoms with Crippen LogP contribution in [0.15, 0.2) is 34.9 Å². The summed E-state index contributed by atoms with van der Waals surface area (Å²) in [6.45, 7) is 2.68. The van der Waals surface area contributed by atoms with Crippen molar-refractivity contribution in [2.24, 2.45) is 0 Å². The van der Waals surface area contributed by atoms with Crippen molar-refractivity contribution < 1.29 is 4.74 Å². The second-order valence-electron chi connectivity index (χ2n) is 4.25. The highest BCUT2D eigenvalue weighted by atomic mass is 79.9. The van der Waals surface area contributed by atoms with Crippen LogP contribution in [0.25, 0.3) is 0 Å². The Bertz CT molecular complexity index is 570. The van der Waals surface area contributed by atoms with Gasteiger partial charge in [-0.05, 0) is 46.1 Å². The maximum Gasteiger partial charge on any atom is 0.212 e. The molecule has 0 aliphatic heterocycles. The lowest BCUT2D eigenvalue weighted by Crippen LogP contribution is -2.02. The van der Waals surface area contributed by atoms with Crippen LogP contribution >= 0.6 is 15.9 Å². The van der Waals surface area contributed by atoms with Gasteiger partial charge in [-0.25, -0.2) is 4.98 Å². The van der Waals surface area contributed by atoms with Crippen molar-refractivity contribution >= 4 is 27.3 Å². The predicted molar refractivity (Wildman–Crippen MR) is 81.4 cm³/mol. The number of nitrogen functional groups attached to an aromatic ring is 1. The fraction of sp³-hybridized carbons (Fsp3) is 0.214. The molecule has 19 heavy (non-hydrogen) atoms. The summed E-state index contributed by atoms with van der Waals surface area (Å²) in [5.41, 5.74) is 9.78. The second-order valence-corrected chi connectivity index (χ2v) is 5.11. The third-order valence-corrected chi connectivity index (χ3v) is 3.50. The number of ether oxygens (including phenoxy) is 1. The van der Waals surface area contributed by atoms with Crippen LogP contribution in [0.2, 0.25) is 0 Å². The number of aryl methyl sites for hydroxylation is 1. The molecule has 0 aliphatic rings. The van der Waals surface area contributed by atoms with Gasteiger partial charge in [0.15, 0.2) is 0 Å². The first kappa shape index (κ1) is 13.7. The smallest absolute Gasteiger partial charge is 0.212 e. The van der Waals surface area contributed by atoms with E-state index in [1.807, 2.05) is 31.2 Å². The van der Waals surface area contributed by atoms with Gasteiger partial charge in [0.05, 0.1) is 7.11 Å². The van der Waals surface area contributed by atoms with Gasteiger partial charge in [-0.2, -0.15) is 0 Å². The molecule has 100 valence electrons. The van der Waals surface area contributed by atoms with E-state index in [-0.39, 0.29) is 0 Å². The standard InChI is InChI=1S/C14H16BrN3O/c1-9-5-13(11(15)6-12(9)16)17-7-10-3-4-14(19-2)18-8-10/h3-6,8,17H,7,16H2,1-2H3. The van der Waals surface area contributed by atoms with Crippen LogP contribution in [0.5, 0.6) is 5.88 Å². The molecule has 2 aromatic rings. The van der Waals surface area contributed by atoms with Gasteiger partial charge in [0.25, 0.3) is 0 Å². The molecule has 0 aliphatic carbocycles. The van der Waals surface area contributed by atoms with E-state index < -0.39 is 0 Å². The van der Waals surface area contributed by atoms with E-state index in [9.17, 15) is 0 Å². The van der Waals surface area contributed by atoms with Gasteiger partial charge in [0.1, 0.15) is 0 Å². The number of methoxy groups -OCH3 is 1. The van der Waals surface area contributed by atoms with E-state index in [1.54, 1.807) is 13.3 Å². The molecule has 4 nitrogen and oxygen atoms in total. The number of hydrogen-bond donors (Lipinski definition) is 2. The Kier molecular flexibility index (Phi) is 4.27. The van der Waals surface area contributed by atoms with Crippen molar-refractivity contribution in [2.75, 3.05) is 18.2 Å². The lowest BCUT2D eigenvalue weighted by molar-refractivity contribution is 0.397. The summed E-state index contributed by atoms with van der Waals surface area (Å²) in [5.74, 6) is 0.619. The molecule has 0 radical (unpaired) electrons. The minimum absolute atomic E-state index is 0.619. The van der Waals surface area contributed by atoms with Gasteiger partial charge in [-0.1, -0.05) is 6.07 Å². The summed E-state index contributed by atoms with van der Waals surface area (Å²) in [7, 11) is 1.61. The molecular weight excluding hydrogens is 306 g/mol. The van der Waals surface area contributed by atoms with E-state index in [0.29, 0.717) is 12.4 Å². The molecule has 1 aromatic carbocycles. The number of anilines is 2. The topological polar surface area (TPSA) is 60.2 Å². The number of nitrogens with one attached hydrogen (secondary N) is 1. The average molecular weight is 322 g/mol. The Morgan fingerprint density at radius 1 is 1.37 bits per heavy atom. The Morgan fingerprint density at radius 3 is 2.79 bits per heavy atom. The molecule has 2 rings (SSSR count). The van der Waals surface area contributed by atoms with Crippen molar-refractivity contribution in [1.82, 2.24) is 4.98 Å². The van der Waals surface area contributed by atoms with E-state index in [1.165, 1.54) is 0 Å². The fourth-order valence-electron chi connectivity index (χ4n) is 1.67. The van der Waals surface area contributed by atoms with Gasteiger partial charge in [0, 0.05) is 34.7 Å². The minimum Gasteiger partial charge on any atom is -0.481 e. The first-order chi connectivity index (χ1) is 9.10. The Balaban J connectivity index is 2.07. The minimum atomic E-state index is 0.619. The van der Waals surface area contributed by atoms with Gasteiger partial charge in [0.2, 0.25) is 5.88 Å². The van der Waals surface area contributed by atoms with Crippen molar-refractivity contribution in [3.05, 3.63) is 46.1 Å². The summed E-state index contributed by atoms with van der Waals surface area (Å²) < 4.78 is 5.98. The summed E-state index contributed by atoms with van der Waals surface area (Å²) in [6.07, 6.45) is 1.80. The van der Waals surface area contributed by atoms with E-state index in [2.05, 4.69) is 26.2 Å². The quantitative estimate of drug-likeness (QED) is 0.848. The second kappa shape index (κ2) is 5.93. The number of benzene rings is 1. The molecule has 0 fully saturated rings. The zero-order valence-corrected chi connectivity index (χ0v) is 12.5. The highest BCUT2D eigenvalue weighted by Gasteiger charge is 2.03.